The van der Waals surface area contributed by atoms with E-state index < -0.39 is 0 Å². The summed E-state index contributed by atoms with van der Waals surface area (Å²) in [4.78, 5) is 30.3. The zero-order chi connectivity index (χ0) is 34.3. The molecule has 4 rings (SSSR count). The molecule has 0 aliphatic carbocycles. The third-order valence-corrected chi connectivity index (χ3v) is 8.42. The van der Waals surface area contributed by atoms with Gasteiger partial charge in [-0.25, -0.2) is 4.79 Å². The maximum Gasteiger partial charge on any atom is 0.319 e. The molecule has 0 atom stereocenters. The average Bonchev–Trinajstić information content (AvgIpc) is 3.10. The number of anilines is 2. The number of nitrogens with zero attached hydrogens (tertiary/aromatic N) is 2. The van der Waals surface area contributed by atoms with Gasteiger partial charge in [-0.1, -0.05) is 47.0 Å². The first kappa shape index (κ1) is 36.6. The van der Waals surface area contributed by atoms with Crippen LogP contribution in [-0.4, -0.2) is 62.8 Å². The molecule has 0 saturated carbocycles. The van der Waals surface area contributed by atoms with Gasteiger partial charge < -0.3 is 34.6 Å². The predicted molar refractivity (Wildman–Crippen MR) is 194 cm³/mol. The zero-order valence-electron chi connectivity index (χ0n) is 29.4. The normalized spacial score (nSPS) is 13.6. The summed E-state index contributed by atoms with van der Waals surface area (Å²) in [5.41, 5.74) is 2.01. The van der Waals surface area contributed by atoms with E-state index in [1.54, 1.807) is 25.3 Å². The van der Waals surface area contributed by atoms with Gasteiger partial charge in [-0.3, -0.25) is 4.79 Å². The Kier molecular flexibility index (Phi) is 14.4. The van der Waals surface area contributed by atoms with E-state index in [1.807, 2.05) is 53.4 Å². The SMILES string of the molecule is CCCCCNC(=O)Nc1ccc(Oc2ccc(N(CC(C)C)C(=O)c3ccc(OC4CCN(CCCC)CC4)cc3)cc2)c(OC)c1. The van der Waals surface area contributed by atoms with Crippen LogP contribution in [0.25, 0.3) is 0 Å². The van der Waals surface area contributed by atoms with Gasteiger partial charge in [-0.15, -0.1) is 0 Å². The van der Waals surface area contributed by atoms with Crippen molar-refractivity contribution in [2.24, 2.45) is 5.92 Å². The van der Waals surface area contributed by atoms with Crippen LogP contribution in [-0.2, 0) is 0 Å². The van der Waals surface area contributed by atoms with Gasteiger partial charge in [0.1, 0.15) is 17.6 Å². The number of piperidine rings is 1. The minimum absolute atomic E-state index is 0.0627. The van der Waals surface area contributed by atoms with Crippen LogP contribution in [0.4, 0.5) is 16.2 Å². The summed E-state index contributed by atoms with van der Waals surface area (Å²) in [6.45, 7) is 13.1. The number of rotatable bonds is 17. The third-order valence-electron chi connectivity index (χ3n) is 8.42. The minimum atomic E-state index is -0.254. The molecule has 1 aliphatic heterocycles. The molecule has 3 amide bonds. The van der Waals surface area contributed by atoms with Crippen molar-refractivity contribution in [3.05, 3.63) is 72.3 Å². The molecule has 1 heterocycles. The molecule has 0 bridgehead atoms. The lowest BCUT2D eigenvalue weighted by molar-refractivity contribution is 0.0981. The molecule has 0 unspecified atom stereocenters. The Bertz CT molecular complexity index is 1420. The summed E-state index contributed by atoms with van der Waals surface area (Å²) in [5.74, 6) is 2.61. The van der Waals surface area contributed by atoms with Crippen LogP contribution >= 0.6 is 0 Å². The Hall–Kier alpha value is -4.24. The molecule has 1 fully saturated rings. The largest absolute Gasteiger partial charge is 0.493 e. The van der Waals surface area contributed by atoms with Crippen molar-refractivity contribution in [1.29, 1.82) is 0 Å². The summed E-state index contributed by atoms with van der Waals surface area (Å²) in [5, 5.41) is 5.71. The number of urea groups is 1. The Labute approximate surface area is 286 Å². The number of carbonyl (C=O) groups excluding carboxylic acids is 2. The Morgan fingerprint density at radius 3 is 2.21 bits per heavy atom. The van der Waals surface area contributed by atoms with Gasteiger partial charge in [0.15, 0.2) is 11.5 Å². The second-order valence-electron chi connectivity index (χ2n) is 12.9. The van der Waals surface area contributed by atoms with E-state index in [4.69, 9.17) is 14.2 Å². The number of hydrogen-bond acceptors (Lipinski definition) is 6. The van der Waals surface area contributed by atoms with E-state index in [2.05, 4.69) is 43.2 Å². The van der Waals surface area contributed by atoms with Crippen LogP contribution in [0.5, 0.6) is 23.0 Å². The Balaban J connectivity index is 1.36. The second kappa shape index (κ2) is 18.9. The average molecular weight is 659 g/mol. The van der Waals surface area contributed by atoms with Gasteiger partial charge in [0.05, 0.1) is 7.11 Å². The number of carbonyl (C=O) groups is 2. The lowest BCUT2D eigenvalue weighted by Gasteiger charge is -2.32. The monoisotopic (exact) mass is 658 g/mol. The number of hydrogen-bond donors (Lipinski definition) is 2. The molecule has 260 valence electrons. The number of nitrogens with one attached hydrogen (secondary N) is 2. The van der Waals surface area contributed by atoms with E-state index >= 15 is 0 Å². The fraction of sp³-hybridized carbons (Fsp3) is 0.487. The number of benzene rings is 3. The molecule has 9 heteroatoms. The molecule has 1 saturated heterocycles. The quantitative estimate of drug-likeness (QED) is 0.141. The number of ether oxygens (including phenoxy) is 3. The molecular weight excluding hydrogens is 604 g/mol. The van der Waals surface area contributed by atoms with E-state index in [-0.39, 0.29) is 24.0 Å². The number of amides is 3. The lowest BCUT2D eigenvalue weighted by atomic mass is 10.1. The number of likely N-dealkylation sites (tertiary alicyclic amines) is 1. The maximum absolute atomic E-state index is 13.8. The topological polar surface area (TPSA) is 92.4 Å². The first-order chi connectivity index (χ1) is 23.3. The molecule has 1 aliphatic rings. The summed E-state index contributed by atoms with van der Waals surface area (Å²) in [6.07, 6.45) is 7.87. The highest BCUT2D eigenvalue weighted by atomic mass is 16.5. The highest BCUT2D eigenvalue weighted by Gasteiger charge is 2.22. The van der Waals surface area contributed by atoms with E-state index in [0.29, 0.717) is 41.6 Å². The minimum Gasteiger partial charge on any atom is -0.493 e. The molecule has 48 heavy (non-hydrogen) atoms. The van der Waals surface area contributed by atoms with Gasteiger partial charge >= 0.3 is 6.03 Å². The molecule has 9 nitrogen and oxygen atoms in total. The van der Waals surface area contributed by atoms with Crippen LogP contribution in [0.2, 0.25) is 0 Å². The van der Waals surface area contributed by atoms with Crippen molar-refractivity contribution in [2.45, 2.75) is 78.7 Å². The molecule has 3 aromatic carbocycles. The molecule has 3 aromatic rings. The van der Waals surface area contributed by atoms with Crippen molar-refractivity contribution in [2.75, 3.05) is 50.1 Å². The predicted octanol–water partition coefficient (Wildman–Crippen LogP) is 8.75. The van der Waals surface area contributed by atoms with Gasteiger partial charge in [0.2, 0.25) is 0 Å². The molecule has 2 N–H and O–H groups in total. The van der Waals surface area contributed by atoms with Crippen molar-refractivity contribution < 1.29 is 23.8 Å². The number of methoxy groups -OCH3 is 1. The van der Waals surface area contributed by atoms with Crippen molar-refractivity contribution >= 4 is 23.3 Å². The Morgan fingerprint density at radius 2 is 1.56 bits per heavy atom. The molecular formula is C39H54N4O5. The van der Waals surface area contributed by atoms with Crippen molar-refractivity contribution in [1.82, 2.24) is 10.2 Å². The molecule has 0 radical (unpaired) electrons. The summed E-state index contributed by atoms with van der Waals surface area (Å²) < 4.78 is 18.0. The summed E-state index contributed by atoms with van der Waals surface area (Å²) >= 11 is 0. The van der Waals surface area contributed by atoms with Crippen molar-refractivity contribution in [3.8, 4) is 23.0 Å². The van der Waals surface area contributed by atoms with Crippen LogP contribution in [0, 0.1) is 5.92 Å². The van der Waals surface area contributed by atoms with Crippen molar-refractivity contribution in [3.63, 3.8) is 0 Å². The zero-order valence-corrected chi connectivity index (χ0v) is 29.4. The second-order valence-corrected chi connectivity index (χ2v) is 12.9. The van der Waals surface area contributed by atoms with E-state index in [1.165, 1.54) is 19.4 Å². The Morgan fingerprint density at radius 1 is 0.875 bits per heavy atom. The summed E-state index contributed by atoms with van der Waals surface area (Å²) in [7, 11) is 1.56. The smallest absolute Gasteiger partial charge is 0.319 e. The van der Waals surface area contributed by atoms with Crippen LogP contribution in [0.1, 0.15) is 83.0 Å². The highest BCUT2D eigenvalue weighted by molar-refractivity contribution is 6.06. The first-order valence-electron chi connectivity index (χ1n) is 17.6. The molecule has 0 aromatic heterocycles. The van der Waals surface area contributed by atoms with Crippen LogP contribution in [0.15, 0.2) is 66.7 Å². The fourth-order valence-electron chi connectivity index (χ4n) is 5.73. The van der Waals surface area contributed by atoms with E-state index in [9.17, 15) is 9.59 Å². The van der Waals surface area contributed by atoms with Crippen LogP contribution < -0.4 is 29.7 Å². The third kappa shape index (κ3) is 11.2. The standard InChI is InChI=1S/C39H54N4O5/c1-6-8-10-23-40-39(45)41-31-13-20-36(37(27-31)46-5)48-34-18-14-32(15-19-34)43(28-29(3)4)38(44)30-11-16-33(17-12-30)47-35-21-25-42(26-22-35)24-9-7-2/h11-20,27,29,35H,6-10,21-26,28H2,1-5H3,(H2,40,41,45). The first-order valence-corrected chi connectivity index (χ1v) is 17.6. The van der Waals surface area contributed by atoms with Gasteiger partial charge in [-0.2, -0.15) is 0 Å². The van der Waals surface area contributed by atoms with E-state index in [0.717, 1.165) is 56.6 Å². The van der Waals surface area contributed by atoms with Gasteiger partial charge in [-0.05, 0) is 98.8 Å². The lowest BCUT2D eigenvalue weighted by Crippen LogP contribution is -2.38. The fourth-order valence-corrected chi connectivity index (χ4v) is 5.73. The van der Waals surface area contributed by atoms with Gasteiger partial charge in [0.25, 0.3) is 5.91 Å². The maximum atomic E-state index is 13.8. The highest BCUT2D eigenvalue weighted by Crippen LogP contribution is 2.35. The van der Waals surface area contributed by atoms with Gasteiger partial charge in [0, 0.05) is 49.2 Å². The summed E-state index contributed by atoms with van der Waals surface area (Å²) in [6, 6.07) is 20.0. The number of unbranched alkanes of at least 4 members (excludes halogenated alkanes) is 3. The van der Waals surface area contributed by atoms with Crippen LogP contribution in [0.3, 0.4) is 0 Å². The molecule has 0 spiro atoms.